The number of hydrogen-bond acceptors (Lipinski definition) is 7. The van der Waals surface area contributed by atoms with E-state index >= 15 is 0 Å². The topological polar surface area (TPSA) is 90.8 Å². The molecule has 3 aliphatic rings. The minimum Gasteiger partial charge on any atom is -0.464 e. The molecule has 2 atom stereocenters. The summed E-state index contributed by atoms with van der Waals surface area (Å²) >= 11 is 1.76. The van der Waals surface area contributed by atoms with Crippen molar-refractivity contribution in [2.75, 3.05) is 6.54 Å². The Labute approximate surface area is 308 Å². The summed E-state index contributed by atoms with van der Waals surface area (Å²) in [5.41, 5.74) is 4.60. The number of hydrogen-bond donors (Lipinski definition) is 1. The number of carbonyl (C=O) groups excluding carboxylic acids is 1. The van der Waals surface area contributed by atoms with E-state index in [1.54, 1.807) is 16.2 Å². The summed E-state index contributed by atoms with van der Waals surface area (Å²) in [6, 6.07) is 25.6. The highest BCUT2D eigenvalue weighted by Gasteiger charge is 2.51. The highest BCUT2D eigenvalue weighted by atomic mass is 32.1. The SMILES string of the molecule is CC(C)(C)OC(=O)N1CCC[C@@H]1c1ncc(-c2ccc3c(c2)OC(c2cc4ccccc4s2)n2c-3cc3cc(B4OC(C)(C)C(C)(C)O4)ccc32)[nH]1. The number of nitrogens with one attached hydrogen (secondary N) is 1. The summed E-state index contributed by atoms with van der Waals surface area (Å²) in [6.45, 7) is 14.6. The molecule has 2 fully saturated rings. The van der Waals surface area contributed by atoms with Gasteiger partial charge in [-0.2, -0.15) is 0 Å². The van der Waals surface area contributed by atoms with Crippen LogP contribution in [0.1, 0.15) is 84.3 Å². The molecule has 3 aromatic heterocycles. The molecular weight excluding hydrogens is 671 g/mol. The van der Waals surface area contributed by atoms with E-state index in [2.05, 4.69) is 110 Å². The molecule has 0 aliphatic carbocycles. The van der Waals surface area contributed by atoms with E-state index in [9.17, 15) is 4.79 Å². The normalized spacial score (nSPS) is 20.7. The van der Waals surface area contributed by atoms with Crippen molar-refractivity contribution >= 4 is 51.0 Å². The van der Waals surface area contributed by atoms with Crippen molar-refractivity contribution in [3.63, 3.8) is 0 Å². The third kappa shape index (κ3) is 5.52. The van der Waals surface area contributed by atoms with Crippen LogP contribution in [0.4, 0.5) is 4.79 Å². The fourth-order valence-electron chi connectivity index (χ4n) is 7.56. The molecule has 11 heteroatoms. The molecule has 6 heterocycles. The zero-order valence-electron chi connectivity index (χ0n) is 30.7. The van der Waals surface area contributed by atoms with E-state index in [1.165, 1.54) is 10.1 Å². The Morgan fingerprint density at radius 2 is 1.77 bits per heavy atom. The van der Waals surface area contributed by atoms with Crippen LogP contribution >= 0.6 is 11.3 Å². The molecule has 6 aromatic rings. The molecule has 266 valence electrons. The van der Waals surface area contributed by atoms with Crippen molar-refractivity contribution in [1.82, 2.24) is 19.4 Å². The van der Waals surface area contributed by atoms with Crippen molar-refractivity contribution < 1.29 is 23.6 Å². The second-order valence-corrected chi connectivity index (χ2v) is 17.3. The molecule has 1 unspecified atom stereocenters. The van der Waals surface area contributed by atoms with E-state index in [-0.39, 0.29) is 18.4 Å². The lowest BCUT2D eigenvalue weighted by Gasteiger charge is -2.32. The Morgan fingerprint density at radius 1 is 0.981 bits per heavy atom. The average molecular weight is 715 g/mol. The molecule has 52 heavy (non-hydrogen) atoms. The van der Waals surface area contributed by atoms with Gasteiger partial charge in [0.05, 0.1) is 45.2 Å². The minimum atomic E-state index is -0.559. The molecular formula is C41H43BN4O5S. The fraction of sp³-hybridized carbons (Fsp3) is 0.366. The Bertz CT molecular complexity index is 2320. The first kappa shape index (κ1) is 33.3. The van der Waals surface area contributed by atoms with Crippen LogP contribution in [0.3, 0.4) is 0 Å². The van der Waals surface area contributed by atoms with Crippen molar-refractivity contribution in [3.8, 4) is 28.3 Å². The van der Waals surface area contributed by atoms with E-state index < -0.39 is 23.9 Å². The third-order valence-corrected chi connectivity index (χ3v) is 12.1. The molecule has 3 aromatic carbocycles. The van der Waals surface area contributed by atoms with Crippen molar-refractivity contribution in [3.05, 3.63) is 89.7 Å². The number of rotatable bonds is 4. The molecule has 0 bridgehead atoms. The standard InChI is InChI=1S/C41H43BN4O5S/c1-39(2,3)49-38(47)45-18-10-12-31(45)36-43-23-29(44-36)24-14-16-28-32-20-26-19-27(42-50-40(4,5)41(6,7)51-42)15-17-30(26)46(32)37(48-33(28)21-24)35-22-25-11-8-9-13-34(25)52-35/h8-9,11,13-17,19-23,31,37H,10,12,18H2,1-7H3,(H,43,44)/t31-,37?/m1/s1. The summed E-state index contributed by atoms with van der Waals surface area (Å²) in [6.07, 6.45) is 2.91. The monoisotopic (exact) mass is 714 g/mol. The maximum absolute atomic E-state index is 13.0. The van der Waals surface area contributed by atoms with Gasteiger partial charge in [-0.25, -0.2) is 9.78 Å². The van der Waals surface area contributed by atoms with Gasteiger partial charge < -0.3 is 23.8 Å². The number of ether oxygens (including phenoxy) is 2. The quantitative estimate of drug-likeness (QED) is 0.183. The Kier molecular flexibility index (Phi) is 7.50. The summed E-state index contributed by atoms with van der Waals surface area (Å²) in [5.74, 6) is 1.56. The van der Waals surface area contributed by atoms with Crippen molar-refractivity contribution in [1.29, 1.82) is 0 Å². The first-order chi connectivity index (χ1) is 24.7. The van der Waals surface area contributed by atoms with Gasteiger partial charge in [-0.05, 0) is 109 Å². The van der Waals surface area contributed by atoms with E-state index in [0.29, 0.717) is 6.54 Å². The third-order valence-electron chi connectivity index (χ3n) is 10.9. The number of likely N-dealkylation sites (tertiary alicyclic amines) is 1. The predicted octanol–water partition coefficient (Wildman–Crippen LogP) is 9.22. The summed E-state index contributed by atoms with van der Waals surface area (Å²) in [4.78, 5) is 24.2. The fourth-order valence-corrected chi connectivity index (χ4v) is 8.65. The maximum Gasteiger partial charge on any atom is 0.494 e. The molecule has 9 nitrogen and oxygen atoms in total. The Hall–Kier alpha value is -4.58. The Morgan fingerprint density at radius 3 is 2.54 bits per heavy atom. The van der Waals surface area contributed by atoms with Gasteiger partial charge >= 0.3 is 13.2 Å². The zero-order valence-corrected chi connectivity index (χ0v) is 31.5. The number of imidazole rings is 1. The lowest BCUT2D eigenvalue weighted by molar-refractivity contribution is 0.00578. The van der Waals surface area contributed by atoms with Gasteiger partial charge in [-0.3, -0.25) is 9.47 Å². The average Bonchev–Trinajstić information content (AvgIpc) is 3.92. The number of nitrogens with zero attached hydrogens (tertiary/aromatic N) is 3. The lowest BCUT2D eigenvalue weighted by atomic mass is 9.78. The smallest absolute Gasteiger partial charge is 0.464 e. The molecule has 0 radical (unpaired) electrons. The van der Waals surface area contributed by atoms with Crippen LogP contribution < -0.4 is 10.2 Å². The number of aromatic amines is 1. The number of fused-ring (bicyclic) bond motifs is 6. The van der Waals surface area contributed by atoms with Crippen LogP contribution in [0.2, 0.25) is 0 Å². The number of thiophene rings is 1. The molecule has 3 aliphatic heterocycles. The van der Waals surface area contributed by atoms with Crippen LogP contribution in [-0.4, -0.2) is 56.0 Å². The van der Waals surface area contributed by atoms with Gasteiger partial charge in [0, 0.05) is 27.8 Å². The maximum atomic E-state index is 13.0. The Balaban J connectivity index is 1.10. The summed E-state index contributed by atoms with van der Waals surface area (Å²) < 4.78 is 29.1. The van der Waals surface area contributed by atoms with Crippen LogP contribution in [0.25, 0.3) is 43.5 Å². The molecule has 1 amide bonds. The lowest BCUT2D eigenvalue weighted by Crippen LogP contribution is -2.41. The number of benzene rings is 3. The molecule has 0 saturated carbocycles. The summed E-state index contributed by atoms with van der Waals surface area (Å²) in [5, 5.41) is 2.29. The van der Waals surface area contributed by atoms with Gasteiger partial charge in [-0.1, -0.05) is 36.4 Å². The second-order valence-electron chi connectivity index (χ2n) is 16.2. The van der Waals surface area contributed by atoms with Gasteiger partial charge in [0.1, 0.15) is 17.2 Å². The molecule has 0 spiro atoms. The predicted molar refractivity (Wildman–Crippen MR) is 206 cm³/mol. The zero-order chi connectivity index (χ0) is 36.2. The first-order valence-corrected chi connectivity index (χ1v) is 18.9. The van der Waals surface area contributed by atoms with Gasteiger partial charge in [0.2, 0.25) is 6.23 Å². The van der Waals surface area contributed by atoms with Crippen molar-refractivity contribution in [2.45, 2.75) is 90.4 Å². The van der Waals surface area contributed by atoms with Crippen molar-refractivity contribution in [2.24, 2.45) is 0 Å². The van der Waals surface area contributed by atoms with Gasteiger partial charge in [0.15, 0.2) is 0 Å². The van der Waals surface area contributed by atoms with Gasteiger partial charge in [-0.15, -0.1) is 11.3 Å². The van der Waals surface area contributed by atoms with Gasteiger partial charge in [0.25, 0.3) is 0 Å². The number of aromatic nitrogens is 3. The molecule has 9 rings (SSSR count). The minimum absolute atomic E-state index is 0.160. The van der Waals surface area contributed by atoms with Crippen LogP contribution in [0.5, 0.6) is 5.75 Å². The van der Waals surface area contributed by atoms with E-state index in [1.807, 2.05) is 27.0 Å². The highest BCUT2D eigenvalue weighted by Crippen LogP contribution is 2.47. The summed E-state index contributed by atoms with van der Waals surface area (Å²) in [7, 11) is -0.449. The molecule has 2 saturated heterocycles. The van der Waals surface area contributed by atoms with Crippen LogP contribution in [0, 0.1) is 0 Å². The van der Waals surface area contributed by atoms with Crippen LogP contribution in [0.15, 0.2) is 79.0 Å². The highest BCUT2D eigenvalue weighted by molar-refractivity contribution is 7.19. The number of amides is 1. The number of carbonyl (C=O) groups is 1. The van der Waals surface area contributed by atoms with E-state index in [0.717, 1.165) is 68.2 Å². The first-order valence-electron chi connectivity index (χ1n) is 18.1. The molecule has 1 N–H and O–H groups in total. The second kappa shape index (κ2) is 11.7. The van der Waals surface area contributed by atoms with Crippen LogP contribution in [-0.2, 0) is 14.0 Å². The number of H-pyrrole nitrogens is 1. The largest absolute Gasteiger partial charge is 0.494 e. The van der Waals surface area contributed by atoms with E-state index in [4.69, 9.17) is 23.8 Å².